The molecule has 0 amide bonds. The van der Waals surface area contributed by atoms with E-state index in [4.69, 9.17) is 0 Å². The highest BCUT2D eigenvalue weighted by Crippen LogP contribution is 1.96. The Hall–Kier alpha value is -0.280. The van der Waals surface area contributed by atoms with E-state index in [0.29, 0.717) is 6.42 Å². The Labute approximate surface area is 93.0 Å². The van der Waals surface area contributed by atoms with Crippen LogP contribution in [0.5, 0.6) is 0 Å². The summed E-state index contributed by atoms with van der Waals surface area (Å²) >= 11 is 0. The molecule has 0 heterocycles. The molecule has 4 heteroatoms. The molecule has 1 N–H and O–H groups in total. The van der Waals surface area contributed by atoms with Gasteiger partial charge in [-0.15, -0.1) is 12.4 Å². The van der Waals surface area contributed by atoms with Crippen molar-refractivity contribution >= 4 is 18.4 Å². The van der Waals surface area contributed by atoms with E-state index in [1.165, 1.54) is 13.5 Å². The number of esters is 1. The third-order valence-corrected chi connectivity index (χ3v) is 1.86. The molecule has 0 aromatic heterocycles. The molecule has 0 aromatic rings. The van der Waals surface area contributed by atoms with Crippen molar-refractivity contribution in [2.45, 2.75) is 33.1 Å². The minimum Gasteiger partial charge on any atom is -0.469 e. The molecular weight excluding hydrogens is 202 g/mol. The summed E-state index contributed by atoms with van der Waals surface area (Å²) in [5.41, 5.74) is 0. The van der Waals surface area contributed by atoms with Crippen LogP contribution in [-0.4, -0.2) is 26.2 Å². The van der Waals surface area contributed by atoms with Crippen molar-refractivity contribution in [3.05, 3.63) is 0 Å². The highest BCUT2D eigenvalue weighted by Gasteiger charge is 1.98. The Kier molecular flexibility index (Phi) is 12.5. The molecule has 86 valence electrons. The normalized spacial score (nSPS) is 9.71. The summed E-state index contributed by atoms with van der Waals surface area (Å²) in [6, 6.07) is 0. The molecule has 0 radical (unpaired) electrons. The largest absolute Gasteiger partial charge is 0.469 e. The lowest BCUT2D eigenvalue weighted by Gasteiger charge is -2.05. The molecule has 14 heavy (non-hydrogen) atoms. The molecule has 0 rings (SSSR count). The standard InChI is InChI=1S/C10H21NO2.ClH/c1-9(2)6-8-11-7-4-5-10(12)13-3;/h9,11H,4-8H2,1-3H3;1H. The third kappa shape index (κ3) is 11.7. The minimum absolute atomic E-state index is 0. The maximum atomic E-state index is 10.7. The van der Waals surface area contributed by atoms with Gasteiger partial charge in [0.05, 0.1) is 7.11 Å². The molecule has 3 nitrogen and oxygen atoms in total. The van der Waals surface area contributed by atoms with Gasteiger partial charge in [-0.3, -0.25) is 4.79 Å². The number of hydrogen-bond acceptors (Lipinski definition) is 3. The number of hydrogen-bond donors (Lipinski definition) is 1. The number of halogens is 1. The molecule has 0 fully saturated rings. The fraction of sp³-hybridized carbons (Fsp3) is 0.900. The van der Waals surface area contributed by atoms with Gasteiger partial charge >= 0.3 is 5.97 Å². The Morgan fingerprint density at radius 2 is 2.00 bits per heavy atom. The van der Waals surface area contributed by atoms with Crippen LogP contribution in [-0.2, 0) is 9.53 Å². The van der Waals surface area contributed by atoms with Gasteiger partial charge in [-0.2, -0.15) is 0 Å². The van der Waals surface area contributed by atoms with Crippen LogP contribution < -0.4 is 5.32 Å². The summed E-state index contributed by atoms with van der Waals surface area (Å²) < 4.78 is 4.53. The van der Waals surface area contributed by atoms with Crippen molar-refractivity contribution in [1.29, 1.82) is 0 Å². The van der Waals surface area contributed by atoms with E-state index in [-0.39, 0.29) is 18.4 Å². The lowest BCUT2D eigenvalue weighted by Crippen LogP contribution is -2.19. The quantitative estimate of drug-likeness (QED) is 0.530. The zero-order valence-corrected chi connectivity index (χ0v) is 10.2. The highest BCUT2D eigenvalue weighted by atomic mass is 35.5. The zero-order chi connectivity index (χ0) is 10.1. The summed E-state index contributed by atoms with van der Waals surface area (Å²) in [7, 11) is 1.43. The topological polar surface area (TPSA) is 38.3 Å². The molecule has 0 aromatic carbocycles. The highest BCUT2D eigenvalue weighted by molar-refractivity contribution is 5.85. The monoisotopic (exact) mass is 223 g/mol. The molecular formula is C10H22ClNO2. The van der Waals surface area contributed by atoms with Gasteiger partial charge in [0.2, 0.25) is 0 Å². The van der Waals surface area contributed by atoms with Gasteiger partial charge in [-0.1, -0.05) is 13.8 Å². The zero-order valence-electron chi connectivity index (χ0n) is 9.34. The molecule has 0 aliphatic rings. The van der Waals surface area contributed by atoms with Crippen LogP contribution in [0.1, 0.15) is 33.1 Å². The maximum Gasteiger partial charge on any atom is 0.305 e. The van der Waals surface area contributed by atoms with Crippen molar-refractivity contribution in [2.75, 3.05) is 20.2 Å². The molecule has 0 aliphatic carbocycles. The summed E-state index contributed by atoms with van der Waals surface area (Å²) in [6.45, 7) is 6.35. The Bertz CT molecular complexity index is 140. The summed E-state index contributed by atoms with van der Waals surface area (Å²) in [6.07, 6.45) is 2.58. The van der Waals surface area contributed by atoms with E-state index < -0.39 is 0 Å². The van der Waals surface area contributed by atoms with E-state index in [1.54, 1.807) is 0 Å². The number of ether oxygens (including phenoxy) is 1. The average Bonchev–Trinajstić information content (AvgIpc) is 2.10. The number of carbonyl (C=O) groups is 1. The van der Waals surface area contributed by atoms with E-state index in [2.05, 4.69) is 23.9 Å². The first-order valence-electron chi connectivity index (χ1n) is 4.94. The number of carbonyl (C=O) groups excluding carboxylic acids is 1. The molecule has 0 unspecified atom stereocenters. The van der Waals surface area contributed by atoms with E-state index in [1.807, 2.05) is 0 Å². The van der Waals surface area contributed by atoms with Gasteiger partial charge in [0, 0.05) is 6.42 Å². The maximum absolute atomic E-state index is 10.7. The number of nitrogens with one attached hydrogen (secondary N) is 1. The van der Waals surface area contributed by atoms with E-state index in [9.17, 15) is 4.79 Å². The van der Waals surface area contributed by atoms with E-state index >= 15 is 0 Å². The van der Waals surface area contributed by atoms with E-state index in [0.717, 1.165) is 25.4 Å². The van der Waals surface area contributed by atoms with Crippen LogP contribution in [0, 0.1) is 5.92 Å². The van der Waals surface area contributed by atoms with Crippen molar-refractivity contribution in [1.82, 2.24) is 5.32 Å². The number of methoxy groups -OCH3 is 1. The second-order valence-corrected chi connectivity index (χ2v) is 3.61. The van der Waals surface area contributed by atoms with Gasteiger partial charge < -0.3 is 10.1 Å². The first-order chi connectivity index (χ1) is 6.16. The Morgan fingerprint density at radius 1 is 1.36 bits per heavy atom. The van der Waals surface area contributed by atoms with Crippen molar-refractivity contribution in [3.8, 4) is 0 Å². The van der Waals surface area contributed by atoms with Crippen LogP contribution in [0.15, 0.2) is 0 Å². The fourth-order valence-corrected chi connectivity index (χ4v) is 0.976. The van der Waals surface area contributed by atoms with Crippen LogP contribution in [0.3, 0.4) is 0 Å². The number of rotatable bonds is 7. The van der Waals surface area contributed by atoms with Gasteiger partial charge in [0.15, 0.2) is 0 Å². The van der Waals surface area contributed by atoms with Crippen LogP contribution >= 0.6 is 12.4 Å². The van der Waals surface area contributed by atoms with Gasteiger partial charge in [-0.25, -0.2) is 0 Å². The second kappa shape index (κ2) is 10.8. The summed E-state index contributed by atoms with van der Waals surface area (Å²) in [4.78, 5) is 10.7. The molecule has 0 bridgehead atoms. The van der Waals surface area contributed by atoms with Gasteiger partial charge in [-0.05, 0) is 31.8 Å². The predicted octanol–water partition coefficient (Wildman–Crippen LogP) is 2.00. The Balaban J connectivity index is 0. The first kappa shape index (κ1) is 16.2. The average molecular weight is 224 g/mol. The lowest BCUT2D eigenvalue weighted by atomic mass is 10.1. The molecule has 0 spiro atoms. The molecule has 0 saturated carbocycles. The second-order valence-electron chi connectivity index (χ2n) is 3.61. The van der Waals surface area contributed by atoms with Crippen molar-refractivity contribution < 1.29 is 9.53 Å². The fourth-order valence-electron chi connectivity index (χ4n) is 0.976. The minimum atomic E-state index is -0.120. The lowest BCUT2D eigenvalue weighted by molar-refractivity contribution is -0.140. The van der Waals surface area contributed by atoms with Gasteiger partial charge in [0.25, 0.3) is 0 Å². The van der Waals surface area contributed by atoms with Crippen molar-refractivity contribution in [3.63, 3.8) is 0 Å². The molecule has 0 atom stereocenters. The Morgan fingerprint density at radius 3 is 2.50 bits per heavy atom. The van der Waals surface area contributed by atoms with Crippen LogP contribution in [0.25, 0.3) is 0 Å². The molecule has 0 saturated heterocycles. The van der Waals surface area contributed by atoms with Crippen LogP contribution in [0.2, 0.25) is 0 Å². The van der Waals surface area contributed by atoms with Crippen molar-refractivity contribution in [2.24, 2.45) is 5.92 Å². The summed E-state index contributed by atoms with van der Waals surface area (Å²) in [5, 5.41) is 3.29. The SMILES string of the molecule is COC(=O)CCCNCCC(C)C.Cl. The molecule has 0 aliphatic heterocycles. The summed E-state index contributed by atoms with van der Waals surface area (Å²) in [5.74, 6) is 0.624. The van der Waals surface area contributed by atoms with Gasteiger partial charge in [0.1, 0.15) is 0 Å². The third-order valence-electron chi connectivity index (χ3n) is 1.86. The first-order valence-corrected chi connectivity index (χ1v) is 4.94. The predicted molar refractivity (Wildman–Crippen MR) is 60.8 cm³/mol. The van der Waals surface area contributed by atoms with Crippen LogP contribution in [0.4, 0.5) is 0 Å². The smallest absolute Gasteiger partial charge is 0.305 e.